The highest BCUT2D eigenvalue weighted by Gasteiger charge is 2.31. The molecule has 2 aliphatic rings. The number of aryl methyl sites for hydroxylation is 2. The normalized spacial score (nSPS) is 23.4. The molecule has 1 N–H and O–H groups in total. The topological polar surface area (TPSA) is 68.1 Å². The highest BCUT2D eigenvalue weighted by Crippen LogP contribution is 2.40. The van der Waals surface area contributed by atoms with E-state index in [1.807, 2.05) is 24.3 Å². The minimum atomic E-state index is -0.730. The molecule has 0 aromatic heterocycles. The van der Waals surface area contributed by atoms with Gasteiger partial charge >= 0.3 is 5.97 Å². The Morgan fingerprint density at radius 1 is 1.27 bits per heavy atom. The van der Waals surface area contributed by atoms with E-state index >= 15 is 0 Å². The van der Waals surface area contributed by atoms with Gasteiger partial charge in [-0.15, -0.1) is 0 Å². The number of benzene rings is 2. The van der Waals surface area contributed by atoms with Crippen LogP contribution < -0.4 is 4.74 Å². The third-order valence-corrected chi connectivity index (χ3v) is 6.33. The van der Waals surface area contributed by atoms with Gasteiger partial charge < -0.3 is 14.6 Å². The van der Waals surface area contributed by atoms with Crippen LogP contribution in [0, 0.1) is 12.8 Å². The number of rotatable bonds is 7. The Balaban J connectivity index is 1.35. The van der Waals surface area contributed by atoms with E-state index in [-0.39, 0.29) is 24.0 Å². The molecule has 1 aliphatic carbocycles. The molecule has 0 bridgehead atoms. The van der Waals surface area contributed by atoms with Crippen molar-refractivity contribution in [1.29, 1.82) is 0 Å². The van der Waals surface area contributed by atoms with Crippen LogP contribution in [0.15, 0.2) is 47.5 Å². The summed E-state index contributed by atoms with van der Waals surface area (Å²) in [5, 5.41) is 9.32. The smallest absolute Gasteiger partial charge is 0.306 e. The van der Waals surface area contributed by atoms with Crippen LogP contribution in [0.2, 0.25) is 0 Å². The maximum Gasteiger partial charge on any atom is 0.306 e. The van der Waals surface area contributed by atoms with Gasteiger partial charge in [-0.05, 0) is 68.0 Å². The molecular formula is C25H29NO4. The minimum Gasteiger partial charge on any atom is -0.494 e. The summed E-state index contributed by atoms with van der Waals surface area (Å²) in [7, 11) is 0. The highest BCUT2D eigenvalue weighted by molar-refractivity contribution is 5.95. The molecule has 2 aromatic rings. The average molecular weight is 408 g/mol. The zero-order valence-electron chi connectivity index (χ0n) is 17.8. The molecular weight excluding hydrogens is 378 g/mol. The molecule has 0 spiro atoms. The largest absolute Gasteiger partial charge is 0.494 e. The van der Waals surface area contributed by atoms with Crippen molar-refractivity contribution >= 4 is 11.9 Å². The molecule has 30 heavy (non-hydrogen) atoms. The molecule has 5 nitrogen and oxygen atoms in total. The third kappa shape index (κ3) is 4.20. The molecule has 4 rings (SSSR count). The van der Waals surface area contributed by atoms with Crippen LogP contribution in [-0.4, -0.2) is 35.7 Å². The van der Waals surface area contributed by atoms with E-state index in [1.165, 1.54) is 11.1 Å². The summed E-state index contributed by atoms with van der Waals surface area (Å²) in [6, 6.07) is 14.4. The number of hydrogen-bond acceptors (Lipinski definition) is 4. The Bertz CT molecular complexity index is 950. The SMILES string of the molecule is Cc1ccc(C2=NC(CCOc3ccc4c(c3)CCC4C(C)C(=O)O)C(C)O2)cc1. The fraction of sp³-hybridized carbons (Fsp3) is 0.440. The second-order valence-electron chi connectivity index (χ2n) is 8.46. The van der Waals surface area contributed by atoms with Gasteiger partial charge in [0, 0.05) is 12.0 Å². The van der Waals surface area contributed by atoms with Crippen molar-refractivity contribution < 1.29 is 19.4 Å². The van der Waals surface area contributed by atoms with Crippen molar-refractivity contribution in [1.82, 2.24) is 0 Å². The lowest BCUT2D eigenvalue weighted by atomic mass is 9.89. The Morgan fingerprint density at radius 3 is 2.77 bits per heavy atom. The lowest BCUT2D eigenvalue weighted by molar-refractivity contribution is -0.141. The lowest BCUT2D eigenvalue weighted by Crippen LogP contribution is -2.21. The van der Waals surface area contributed by atoms with Crippen molar-refractivity contribution in [3.63, 3.8) is 0 Å². The van der Waals surface area contributed by atoms with Gasteiger partial charge in [0.25, 0.3) is 0 Å². The molecule has 4 atom stereocenters. The summed E-state index contributed by atoms with van der Waals surface area (Å²) >= 11 is 0. The van der Waals surface area contributed by atoms with E-state index in [0.717, 1.165) is 36.1 Å². The van der Waals surface area contributed by atoms with Crippen molar-refractivity contribution in [2.75, 3.05) is 6.61 Å². The maximum absolute atomic E-state index is 11.3. The number of fused-ring (bicyclic) bond motifs is 1. The highest BCUT2D eigenvalue weighted by atomic mass is 16.5. The Kier molecular flexibility index (Phi) is 5.80. The van der Waals surface area contributed by atoms with Crippen LogP contribution in [0.1, 0.15) is 54.9 Å². The molecule has 5 heteroatoms. The standard InChI is InChI=1S/C25H29NO4/c1-15-4-6-18(7-5-15)24-26-23(17(3)30-24)12-13-29-20-9-11-22-19(14-20)8-10-21(22)16(2)25(27)28/h4-7,9,11,14,16-17,21,23H,8,10,12-13H2,1-3H3,(H,27,28). The molecule has 0 saturated carbocycles. The van der Waals surface area contributed by atoms with E-state index < -0.39 is 5.97 Å². The molecule has 0 amide bonds. The first-order valence-electron chi connectivity index (χ1n) is 10.7. The van der Waals surface area contributed by atoms with Gasteiger partial charge in [0.15, 0.2) is 0 Å². The van der Waals surface area contributed by atoms with Gasteiger partial charge in [-0.25, -0.2) is 4.99 Å². The molecule has 0 radical (unpaired) electrons. The van der Waals surface area contributed by atoms with E-state index in [4.69, 9.17) is 14.5 Å². The van der Waals surface area contributed by atoms with Gasteiger partial charge in [0.2, 0.25) is 5.90 Å². The molecule has 4 unspecified atom stereocenters. The number of carboxylic acids is 1. The van der Waals surface area contributed by atoms with Crippen LogP contribution in [0.4, 0.5) is 0 Å². The van der Waals surface area contributed by atoms with E-state index in [0.29, 0.717) is 12.5 Å². The summed E-state index contributed by atoms with van der Waals surface area (Å²) in [5.41, 5.74) is 4.60. The van der Waals surface area contributed by atoms with Crippen LogP contribution in [0.5, 0.6) is 5.75 Å². The number of aliphatic imine (C=N–C) groups is 1. The van der Waals surface area contributed by atoms with Gasteiger partial charge in [0.1, 0.15) is 11.9 Å². The summed E-state index contributed by atoms with van der Waals surface area (Å²) in [6.45, 7) is 6.48. The first kappa shape index (κ1) is 20.5. The predicted octanol–water partition coefficient (Wildman–Crippen LogP) is 4.75. The Morgan fingerprint density at radius 2 is 2.03 bits per heavy atom. The van der Waals surface area contributed by atoms with Crippen molar-refractivity contribution in [3.05, 3.63) is 64.7 Å². The second kappa shape index (κ2) is 8.50. The van der Waals surface area contributed by atoms with Crippen LogP contribution in [-0.2, 0) is 16.0 Å². The molecule has 1 heterocycles. The van der Waals surface area contributed by atoms with Crippen LogP contribution in [0.3, 0.4) is 0 Å². The summed E-state index contributed by atoms with van der Waals surface area (Å²) in [4.78, 5) is 16.1. The first-order chi connectivity index (χ1) is 14.4. The minimum absolute atomic E-state index is 0.0307. The number of hydrogen-bond donors (Lipinski definition) is 1. The average Bonchev–Trinajstić information content (AvgIpc) is 3.31. The summed E-state index contributed by atoms with van der Waals surface area (Å²) < 4.78 is 12.0. The van der Waals surface area contributed by atoms with Crippen molar-refractivity contribution in [2.45, 2.75) is 58.1 Å². The number of aliphatic carboxylic acids is 1. The Hall–Kier alpha value is -2.82. The van der Waals surface area contributed by atoms with Gasteiger partial charge in [-0.2, -0.15) is 0 Å². The van der Waals surface area contributed by atoms with E-state index in [9.17, 15) is 9.90 Å². The second-order valence-corrected chi connectivity index (χ2v) is 8.46. The van der Waals surface area contributed by atoms with Crippen LogP contribution >= 0.6 is 0 Å². The lowest BCUT2D eigenvalue weighted by Gasteiger charge is -2.17. The van der Waals surface area contributed by atoms with Crippen molar-refractivity contribution in [2.24, 2.45) is 10.9 Å². The predicted molar refractivity (Wildman–Crippen MR) is 116 cm³/mol. The van der Waals surface area contributed by atoms with Gasteiger partial charge in [-0.3, -0.25) is 4.79 Å². The van der Waals surface area contributed by atoms with Gasteiger partial charge in [0.05, 0.1) is 18.6 Å². The first-order valence-corrected chi connectivity index (χ1v) is 10.7. The maximum atomic E-state index is 11.3. The zero-order valence-corrected chi connectivity index (χ0v) is 17.8. The monoisotopic (exact) mass is 407 g/mol. The van der Waals surface area contributed by atoms with Gasteiger partial charge in [-0.1, -0.05) is 30.7 Å². The van der Waals surface area contributed by atoms with Crippen molar-refractivity contribution in [3.8, 4) is 5.75 Å². The summed E-state index contributed by atoms with van der Waals surface area (Å²) in [6.07, 6.45) is 2.61. The zero-order chi connectivity index (χ0) is 21.3. The number of ether oxygens (including phenoxy) is 2. The number of carboxylic acid groups (broad SMARTS) is 1. The van der Waals surface area contributed by atoms with Crippen LogP contribution in [0.25, 0.3) is 0 Å². The Labute approximate surface area is 177 Å². The van der Waals surface area contributed by atoms with E-state index in [1.54, 1.807) is 6.92 Å². The molecule has 0 saturated heterocycles. The fourth-order valence-corrected chi connectivity index (χ4v) is 4.38. The molecule has 158 valence electrons. The summed E-state index contributed by atoms with van der Waals surface area (Å²) in [5.74, 6) is 0.557. The quantitative estimate of drug-likeness (QED) is 0.719. The molecule has 0 fully saturated rings. The molecule has 2 aromatic carbocycles. The molecule has 1 aliphatic heterocycles. The fourth-order valence-electron chi connectivity index (χ4n) is 4.38. The van der Waals surface area contributed by atoms with E-state index in [2.05, 4.69) is 32.0 Å². The third-order valence-electron chi connectivity index (χ3n) is 6.33. The number of carbonyl (C=O) groups is 1. The number of nitrogens with zero attached hydrogens (tertiary/aromatic N) is 1.